The Morgan fingerprint density at radius 1 is 1.50 bits per heavy atom. The topological polar surface area (TPSA) is 82.0 Å². The molecule has 0 radical (unpaired) electrons. The van der Waals surface area contributed by atoms with E-state index in [1.807, 2.05) is 11.6 Å². The molecule has 0 saturated carbocycles. The van der Waals surface area contributed by atoms with Gasteiger partial charge in [0.1, 0.15) is 0 Å². The summed E-state index contributed by atoms with van der Waals surface area (Å²) < 4.78 is 0. The number of rotatable bonds is 4. The van der Waals surface area contributed by atoms with Crippen molar-refractivity contribution in [2.75, 3.05) is 0 Å². The highest BCUT2D eigenvalue weighted by Gasteiger charge is 1.92. The van der Waals surface area contributed by atoms with Gasteiger partial charge in [-0.1, -0.05) is 19.8 Å². The first-order chi connectivity index (χ1) is 6.66. The van der Waals surface area contributed by atoms with Crippen LogP contribution in [0.25, 0.3) is 0 Å². The molecule has 0 atom stereocenters. The molecule has 1 heterocycles. The summed E-state index contributed by atoms with van der Waals surface area (Å²) in [5.41, 5.74) is 8.50. The molecule has 1 aromatic heterocycles. The highest BCUT2D eigenvalue weighted by molar-refractivity contribution is 7.09. The lowest BCUT2D eigenvalue weighted by Crippen LogP contribution is -2.18. The van der Waals surface area contributed by atoms with Crippen LogP contribution in [0.4, 0.5) is 4.79 Å². The summed E-state index contributed by atoms with van der Waals surface area (Å²) in [5, 5.41) is 3.33. The molecule has 0 aromatic carbocycles. The first-order valence-corrected chi connectivity index (χ1v) is 5.48. The van der Waals surface area contributed by atoms with Gasteiger partial charge in [-0.3, -0.25) is 0 Å². The molecule has 4 nitrogen and oxygen atoms in total. The average Bonchev–Trinajstić information content (AvgIpc) is 2.56. The number of nitrogens with zero attached hydrogens (tertiary/aromatic N) is 1. The zero-order valence-corrected chi connectivity index (χ0v) is 9.22. The summed E-state index contributed by atoms with van der Waals surface area (Å²) >= 11 is 1.76. The van der Waals surface area contributed by atoms with Gasteiger partial charge in [-0.2, -0.15) is 0 Å². The summed E-state index contributed by atoms with van der Waals surface area (Å²) in [6.07, 6.45) is 6.98. The predicted molar refractivity (Wildman–Crippen MR) is 59.1 cm³/mol. The second kappa shape index (κ2) is 8.50. The second-order valence-corrected chi connectivity index (χ2v) is 3.76. The van der Waals surface area contributed by atoms with Gasteiger partial charge < -0.3 is 11.5 Å². The summed E-state index contributed by atoms with van der Waals surface area (Å²) in [6.45, 7) is 2.22. The zero-order valence-electron chi connectivity index (χ0n) is 8.40. The van der Waals surface area contributed by atoms with Crippen LogP contribution in [0.3, 0.4) is 0 Å². The number of carbonyl (C=O) groups excluding carboxylic acids is 1. The van der Waals surface area contributed by atoms with Crippen molar-refractivity contribution in [2.45, 2.75) is 32.6 Å². The molecule has 0 saturated heterocycles. The summed E-state index contributed by atoms with van der Waals surface area (Å²) in [4.78, 5) is 13.2. The van der Waals surface area contributed by atoms with Crippen LogP contribution in [-0.2, 0) is 6.42 Å². The lowest BCUT2D eigenvalue weighted by molar-refractivity contribution is 0.256. The van der Waals surface area contributed by atoms with E-state index in [0.29, 0.717) is 0 Å². The predicted octanol–water partition coefficient (Wildman–Crippen LogP) is 1.90. The summed E-state index contributed by atoms with van der Waals surface area (Å²) in [7, 11) is 0. The normalized spacial score (nSPS) is 8.93. The third-order valence-corrected chi connectivity index (χ3v) is 2.32. The highest BCUT2D eigenvalue weighted by atomic mass is 32.1. The SMILES string of the molecule is CCCCCc1nccs1.NC(N)=O. The fourth-order valence-corrected chi connectivity index (χ4v) is 1.57. The van der Waals surface area contributed by atoms with Gasteiger partial charge in [-0.25, -0.2) is 9.78 Å². The van der Waals surface area contributed by atoms with E-state index in [2.05, 4.69) is 23.4 Å². The molecule has 0 aliphatic heterocycles. The van der Waals surface area contributed by atoms with Crippen LogP contribution in [0.2, 0.25) is 0 Å². The van der Waals surface area contributed by atoms with Crippen molar-refractivity contribution >= 4 is 17.4 Å². The van der Waals surface area contributed by atoms with Crippen molar-refractivity contribution in [3.63, 3.8) is 0 Å². The van der Waals surface area contributed by atoms with Crippen LogP contribution in [0.15, 0.2) is 11.6 Å². The van der Waals surface area contributed by atoms with E-state index in [0.717, 1.165) is 0 Å². The first kappa shape index (κ1) is 12.9. The van der Waals surface area contributed by atoms with Crippen molar-refractivity contribution in [3.8, 4) is 0 Å². The summed E-state index contributed by atoms with van der Waals surface area (Å²) in [6, 6.07) is -0.833. The Balaban J connectivity index is 0.000000364. The Bertz CT molecular complexity index is 232. The van der Waals surface area contributed by atoms with E-state index in [9.17, 15) is 0 Å². The maximum Gasteiger partial charge on any atom is 0.309 e. The minimum Gasteiger partial charge on any atom is -0.352 e. The van der Waals surface area contributed by atoms with Gasteiger partial charge >= 0.3 is 6.03 Å². The number of hydrogen-bond acceptors (Lipinski definition) is 3. The van der Waals surface area contributed by atoms with Gasteiger partial charge in [-0.15, -0.1) is 11.3 Å². The third-order valence-electron chi connectivity index (χ3n) is 1.48. The van der Waals surface area contributed by atoms with Gasteiger partial charge in [0.25, 0.3) is 0 Å². The molecule has 0 fully saturated rings. The number of aryl methyl sites for hydroxylation is 1. The molecule has 0 bridgehead atoms. The quantitative estimate of drug-likeness (QED) is 0.752. The first-order valence-electron chi connectivity index (χ1n) is 4.60. The standard InChI is InChI=1S/C8H13NS.CH4N2O/c1-2-3-4-5-8-9-6-7-10-8;2-1(3)4/h6-7H,2-5H2,1H3;(H4,2,3,4). The number of amides is 2. The lowest BCUT2D eigenvalue weighted by atomic mass is 10.2. The Morgan fingerprint density at radius 2 is 2.14 bits per heavy atom. The maximum absolute atomic E-state index is 9.00. The summed E-state index contributed by atoms with van der Waals surface area (Å²) in [5.74, 6) is 0. The molecule has 4 N–H and O–H groups in total. The molecular formula is C9H17N3OS. The molecule has 1 aromatic rings. The molecule has 14 heavy (non-hydrogen) atoms. The molecule has 0 unspecified atom stereocenters. The van der Waals surface area contributed by atoms with E-state index in [1.54, 1.807) is 11.3 Å². The van der Waals surface area contributed by atoms with Gasteiger partial charge in [0.2, 0.25) is 0 Å². The minimum absolute atomic E-state index is 0.833. The molecule has 0 aliphatic rings. The maximum atomic E-state index is 9.00. The number of carbonyl (C=O) groups is 1. The van der Waals surface area contributed by atoms with Crippen molar-refractivity contribution in [1.29, 1.82) is 0 Å². The zero-order chi connectivity index (χ0) is 10.8. The van der Waals surface area contributed by atoms with Gasteiger partial charge in [-0.05, 0) is 12.8 Å². The van der Waals surface area contributed by atoms with E-state index >= 15 is 0 Å². The van der Waals surface area contributed by atoms with Gasteiger partial charge in [0.05, 0.1) is 5.01 Å². The Morgan fingerprint density at radius 3 is 2.57 bits per heavy atom. The fraction of sp³-hybridized carbons (Fsp3) is 0.556. The number of aromatic nitrogens is 1. The van der Waals surface area contributed by atoms with Crippen LogP contribution in [0.5, 0.6) is 0 Å². The molecule has 0 aliphatic carbocycles. The largest absolute Gasteiger partial charge is 0.352 e. The number of unbranched alkanes of at least 4 members (excludes halogenated alkanes) is 2. The lowest BCUT2D eigenvalue weighted by Gasteiger charge is -1.92. The van der Waals surface area contributed by atoms with Crippen LogP contribution < -0.4 is 11.5 Å². The van der Waals surface area contributed by atoms with Crippen LogP contribution >= 0.6 is 11.3 Å². The molecular weight excluding hydrogens is 198 g/mol. The smallest absolute Gasteiger partial charge is 0.309 e. The monoisotopic (exact) mass is 215 g/mol. The Hall–Kier alpha value is -1.10. The minimum atomic E-state index is -0.833. The highest BCUT2D eigenvalue weighted by Crippen LogP contribution is 2.08. The molecule has 0 spiro atoms. The molecule has 5 heteroatoms. The van der Waals surface area contributed by atoms with E-state index in [4.69, 9.17) is 4.79 Å². The van der Waals surface area contributed by atoms with Crippen LogP contribution in [-0.4, -0.2) is 11.0 Å². The molecule has 1 rings (SSSR count). The number of primary amides is 2. The number of nitrogens with two attached hydrogens (primary N) is 2. The van der Waals surface area contributed by atoms with Gasteiger partial charge in [0.15, 0.2) is 0 Å². The Labute approximate surface area is 88.3 Å². The van der Waals surface area contributed by atoms with E-state index in [1.165, 1.54) is 30.7 Å². The van der Waals surface area contributed by atoms with Crippen molar-refractivity contribution in [3.05, 3.63) is 16.6 Å². The van der Waals surface area contributed by atoms with Gasteiger partial charge in [0, 0.05) is 11.6 Å². The van der Waals surface area contributed by atoms with Crippen molar-refractivity contribution < 1.29 is 4.79 Å². The van der Waals surface area contributed by atoms with Crippen molar-refractivity contribution in [1.82, 2.24) is 4.98 Å². The molecule has 80 valence electrons. The fourth-order valence-electron chi connectivity index (χ4n) is 0.903. The van der Waals surface area contributed by atoms with E-state index < -0.39 is 6.03 Å². The number of thiazole rings is 1. The van der Waals surface area contributed by atoms with E-state index in [-0.39, 0.29) is 0 Å². The third kappa shape index (κ3) is 8.99. The number of hydrogen-bond donors (Lipinski definition) is 2. The van der Waals surface area contributed by atoms with Crippen LogP contribution in [0, 0.1) is 0 Å². The average molecular weight is 215 g/mol. The van der Waals surface area contributed by atoms with Crippen molar-refractivity contribution in [2.24, 2.45) is 11.5 Å². The second-order valence-electron chi connectivity index (χ2n) is 2.79. The number of urea groups is 1. The molecule has 2 amide bonds. The Kier molecular flexibility index (Phi) is 7.83. The van der Waals surface area contributed by atoms with Crippen LogP contribution in [0.1, 0.15) is 31.2 Å².